The molecule has 0 aromatic rings. The van der Waals surface area contributed by atoms with Crippen molar-refractivity contribution in [3.05, 3.63) is 0 Å². The summed E-state index contributed by atoms with van der Waals surface area (Å²) in [4.78, 5) is 0. The highest BCUT2D eigenvalue weighted by Gasteiger charge is 2.16. The van der Waals surface area contributed by atoms with Gasteiger partial charge in [0.05, 0.1) is 18.8 Å². The average molecular weight is 239 g/mol. The number of ether oxygens (including phenoxy) is 1. The predicted molar refractivity (Wildman–Crippen MR) is 69.8 cm³/mol. The van der Waals surface area contributed by atoms with Gasteiger partial charge in [0.2, 0.25) is 0 Å². The van der Waals surface area contributed by atoms with Crippen molar-refractivity contribution in [2.24, 2.45) is 0 Å². The van der Waals surface area contributed by atoms with Crippen LogP contribution in [0.5, 0.6) is 0 Å². The van der Waals surface area contributed by atoms with Gasteiger partial charge in [-0.2, -0.15) is 0 Å². The van der Waals surface area contributed by atoms with Crippen LogP contribution in [-0.4, -0.2) is 37.0 Å². The van der Waals surface area contributed by atoms with Gasteiger partial charge in [-0.05, 0) is 32.2 Å². The molecule has 3 nitrogen and oxygen atoms in total. The number of unbranched alkanes of at least 4 members (excludes halogenated alkanes) is 2. The van der Waals surface area contributed by atoms with E-state index in [-0.39, 0.29) is 6.10 Å². The van der Waals surface area contributed by atoms with Crippen LogP contribution in [0.1, 0.15) is 44.9 Å². The fourth-order valence-electron chi connectivity index (χ4n) is 2.11. The Bertz CT molecular complexity index is 219. The van der Waals surface area contributed by atoms with Crippen molar-refractivity contribution in [3.8, 4) is 12.3 Å². The molecule has 1 unspecified atom stereocenters. The molecule has 0 saturated heterocycles. The molecule has 1 rings (SSSR count). The molecular formula is C14H25NO2. The summed E-state index contributed by atoms with van der Waals surface area (Å²) in [5.41, 5.74) is 0. The van der Waals surface area contributed by atoms with Crippen molar-refractivity contribution in [2.45, 2.75) is 57.2 Å². The van der Waals surface area contributed by atoms with Gasteiger partial charge in [-0.25, -0.2) is 0 Å². The van der Waals surface area contributed by atoms with Crippen LogP contribution in [0, 0.1) is 12.3 Å². The van der Waals surface area contributed by atoms with Crippen LogP contribution in [0.2, 0.25) is 0 Å². The molecule has 2 N–H and O–H groups in total. The predicted octanol–water partition coefficient (Wildman–Crippen LogP) is 1.70. The SMILES string of the molecule is C#CCCCCNCC(O)COC1CCCC1. The van der Waals surface area contributed by atoms with Crippen LogP contribution < -0.4 is 5.32 Å². The van der Waals surface area contributed by atoms with E-state index in [4.69, 9.17) is 11.2 Å². The van der Waals surface area contributed by atoms with E-state index in [1.54, 1.807) is 0 Å². The molecule has 1 atom stereocenters. The molecule has 0 amide bonds. The van der Waals surface area contributed by atoms with E-state index in [1.807, 2.05) is 0 Å². The Labute approximate surface area is 105 Å². The summed E-state index contributed by atoms with van der Waals surface area (Å²) in [6, 6.07) is 0. The molecule has 0 heterocycles. The average Bonchev–Trinajstić information content (AvgIpc) is 2.84. The zero-order chi connectivity index (χ0) is 12.3. The molecule has 0 aromatic carbocycles. The Kier molecular flexibility index (Phi) is 8.08. The first-order chi connectivity index (χ1) is 8.33. The van der Waals surface area contributed by atoms with Crippen LogP contribution in [-0.2, 0) is 4.74 Å². The van der Waals surface area contributed by atoms with Crippen LogP contribution in [0.3, 0.4) is 0 Å². The molecule has 0 radical (unpaired) electrons. The molecule has 98 valence electrons. The Morgan fingerprint density at radius 1 is 1.35 bits per heavy atom. The van der Waals surface area contributed by atoms with E-state index < -0.39 is 0 Å². The molecule has 0 spiro atoms. The molecule has 17 heavy (non-hydrogen) atoms. The maximum absolute atomic E-state index is 9.69. The number of aliphatic hydroxyl groups is 1. The minimum atomic E-state index is -0.386. The maximum atomic E-state index is 9.69. The van der Waals surface area contributed by atoms with Crippen molar-refractivity contribution >= 4 is 0 Å². The van der Waals surface area contributed by atoms with Crippen molar-refractivity contribution in [1.82, 2.24) is 5.32 Å². The van der Waals surface area contributed by atoms with Gasteiger partial charge in [-0.3, -0.25) is 0 Å². The molecule has 0 bridgehead atoms. The quantitative estimate of drug-likeness (QED) is 0.475. The lowest BCUT2D eigenvalue weighted by Gasteiger charge is -2.15. The minimum Gasteiger partial charge on any atom is -0.389 e. The Morgan fingerprint density at radius 2 is 2.12 bits per heavy atom. The van der Waals surface area contributed by atoms with E-state index in [9.17, 15) is 5.11 Å². The molecule has 1 aliphatic carbocycles. The van der Waals surface area contributed by atoms with Crippen LogP contribution in [0.15, 0.2) is 0 Å². The van der Waals surface area contributed by atoms with Crippen LogP contribution in [0.25, 0.3) is 0 Å². The summed E-state index contributed by atoms with van der Waals surface area (Å²) in [6.45, 7) is 1.99. The third-order valence-corrected chi connectivity index (χ3v) is 3.13. The van der Waals surface area contributed by atoms with Gasteiger partial charge < -0.3 is 15.2 Å². The largest absolute Gasteiger partial charge is 0.389 e. The highest BCUT2D eigenvalue weighted by atomic mass is 16.5. The van der Waals surface area contributed by atoms with Crippen molar-refractivity contribution in [2.75, 3.05) is 19.7 Å². The van der Waals surface area contributed by atoms with Gasteiger partial charge >= 0.3 is 0 Å². The Balaban J connectivity index is 1.87. The van der Waals surface area contributed by atoms with E-state index in [2.05, 4.69) is 11.2 Å². The molecule has 3 heteroatoms. The first-order valence-corrected chi connectivity index (χ1v) is 6.76. The maximum Gasteiger partial charge on any atom is 0.0897 e. The minimum absolute atomic E-state index is 0.386. The van der Waals surface area contributed by atoms with Crippen molar-refractivity contribution in [3.63, 3.8) is 0 Å². The van der Waals surface area contributed by atoms with Gasteiger partial charge in [-0.15, -0.1) is 12.3 Å². The van der Waals surface area contributed by atoms with Gasteiger partial charge in [0.25, 0.3) is 0 Å². The molecular weight excluding hydrogens is 214 g/mol. The van der Waals surface area contributed by atoms with Gasteiger partial charge in [0.15, 0.2) is 0 Å². The topological polar surface area (TPSA) is 41.5 Å². The number of nitrogens with one attached hydrogen (secondary N) is 1. The molecule has 1 aliphatic rings. The van der Waals surface area contributed by atoms with E-state index in [0.717, 1.165) is 38.6 Å². The summed E-state index contributed by atoms with van der Waals surface area (Å²) in [7, 11) is 0. The highest BCUT2D eigenvalue weighted by molar-refractivity contribution is 4.82. The van der Waals surface area contributed by atoms with E-state index in [0.29, 0.717) is 19.3 Å². The molecule has 0 aliphatic heterocycles. The monoisotopic (exact) mass is 239 g/mol. The second-order valence-electron chi connectivity index (χ2n) is 4.76. The summed E-state index contributed by atoms with van der Waals surface area (Å²) in [6.07, 6.45) is 13.0. The lowest BCUT2D eigenvalue weighted by Crippen LogP contribution is -2.32. The Morgan fingerprint density at radius 3 is 2.82 bits per heavy atom. The van der Waals surface area contributed by atoms with Crippen LogP contribution >= 0.6 is 0 Å². The lowest BCUT2D eigenvalue weighted by molar-refractivity contribution is -0.00535. The number of hydrogen-bond donors (Lipinski definition) is 2. The first kappa shape index (κ1) is 14.5. The molecule has 1 fully saturated rings. The van der Waals surface area contributed by atoms with E-state index in [1.165, 1.54) is 12.8 Å². The smallest absolute Gasteiger partial charge is 0.0897 e. The highest BCUT2D eigenvalue weighted by Crippen LogP contribution is 2.20. The second kappa shape index (κ2) is 9.47. The van der Waals surface area contributed by atoms with E-state index >= 15 is 0 Å². The zero-order valence-electron chi connectivity index (χ0n) is 10.7. The number of rotatable bonds is 9. The van der Waals surface area contributed by atoms with Gasteiger partial charge in [0.1, 0.15) is 0 Å². The normalized spacial score (nSPS) is 18.1. The lowest BCUT2D eigenvalue weighted by atomic mass is 10.2. The number of aliphatic hydroxyl groups excluding tert-OH is 1. The van der Waals surface area contributed by atoms with Crippen LogP contribution in [0.4, 0.5) is 0 Å². The molecule has 1 saturated carbocycles. The summed E-state index contributed by atoms with van der Waals surface area (Å²) >= 11 is 0. The third-order valence-electron chi connectivity index (χ3n) is 3.13. The van der Waals surface area contributed by atoms with Crippen molar-refractivity contribution in [1.29, 1.82) is 0 Å². The fraction of sp³-hybridized carbons (Fsp3) is 0.857. The number of hydrogen-bond acceptors (Lipinski definition) is 3. The van der Waals surface area contributed by atoms with Gasteiger partial charge in [-0.1, -0.05) is 12.8 Å². The molecule has 0 aromatic heterocycles. The third kappa shape index (κ3) is 7.38. The summed E-state index contributed by atoms with van der Waals surface area (Å²) < 4.78 is 5.64. The fourth-order valence-corrected chi connectivity index (χ4v) is 2.11. The van der Waals surface area contributed by atoms with Crippen molar-refractivity contribution < 1.29 is 9.84 Å². The summed E-state index contributed by atoms with van der Waals surface area (Å²) in [5, 5.41) is 12.9. The number of terminal acetylenes is 1. The first-order valence-electron chi connectivity index (χ1n) is 6.76. The van der Waals surface area contributed by atoms with Gasteiger partial charge in [0, 0.05) is 13.0 Å². The zero-order valence-corrected chi connectivity index (χ0v) is 10.7. The Hall–Kier alpha value is -0.560. The summed E-state index contributed by atoms with van der Waals surface area (Å²) in [5.74, 6) is 2.62. The standard InChI is InChI=1S/C14H25NO2/c1-2-3-4-7-10-15-11-13(16)12-17-14-8-5-6-9-14/h1,13-16H,3-12H2. The second-order valence-corrected chi connectivity index (χ2v) is 4.76.